The first-order valence-corrected chi connectivity index (χ1v) is 10.5. The third-order valence-electron chi connectivity index (χ3n) is 4.37. The predicted molar refractivity (Wildman–Crippen MR) is 116 cm³/mol. The second-order valence-corrected chi connectivity index (χ2v) is 8.30. The molecule has 6 nitrogen and oxygen atoms in total. The molecule has 29 heavy (non-hydrogen) atoms. The Labute approximate surface area is 175 Å². The van der Waals surface area contributed by atoms with Gasteiger partial charge in [-0.25, -0.2) is 8.42 Å². The van der Waals surface area contributed by atoms with Crippen molar-refractivity contribution in [2.75, 3.05) is 30.9 Å². The molecule has 0 saturated carbocycles. The Hall–Kier alpha value is -2.90. The van der Waals surface area contributed by atoms with Gasteiger partial charge in [0.15, 0.2) is 11.5 Å². The van der Waals surface area contributed by atoms with Crippen molar-refractivity contribution in [2.45, 2.75) is 4.90 Å². The average Bonchev–Trinajstić information content (AvgIpc) is 2.74. The zero-order chi connectivity index (χ0) is 21.0. The summed E-state index contributed by atoms with van der Waals surface area (Å²) in [6.45, 7) is 0. The lowest BCUT2D eigenvalue weighted by molar-refractivity contribution is 0.354. The van der Waals surface area contributed by atoms with Gasteiger partial charge in [0.1, 0.15) is 0 Å². The summed E-state index contributed by atoms with van der Waals surface area (Å²) in [5.74, 6) is 0.774. The number of methoxy groups -OCH3 is 2. The van der Waals surface area contributed by atoms with Crippen molar-refractivity contribution in [2.24, 2.45) is 0 Å². The lowest BCUT2D eigenvalue weighted by atomic mass is 10.2. The fourth-order valence-electron chi connectivity index (χ4n) is 2.85. The van der Waals surface area contributed by atoms with Gasteiger partial charge in [0.05, 0.1) is 30.5 Å². The molecule has 0 aromatic heterocycles. The van der Waals surface area contributed by atoms with E-state index in [4.69, 9.17) is 21.1 Å². The number of benzene rings is 3. The highest BCUT2D eigenvalue weighted by Crippen LogP contribution is 2.35. The minimum Gasteiger partial charge on any atom is -0.493 e. The van der Waals surface area contributed by atoms with Crippen molar-refractivity contribution in [3.8, 4) is 11.5 Å². The molecule has 0 saturated heterocycles. The Morgan fingerprint density at radius 1 is 0.897 bits per heavy atom. The Morgan fingerprint density at radius 2 is 1.59 bits per heavy atom. The largest absolute Gasteiger partial charge is 0.493 e. The van der Waals surface area contributed by atoms with E-state index in [1.165, 1.54) is 26.4 Å². The number of hydrogen-bond donors (Lipinski definition) is 1. The van der Waals surface area contributed by atoms with E-state index in [0.717, 1.165) is 5.69 Å². The van der Waals surface area contributed by atoms with E-state index < -0.39 is 10.0 Å². The normalized spacial score (nSPS) is 11.0. The van der Waals surface area contributed by atoms with Gasteiger partial charge in [-0.3, -0.25) is 4.72 Å². The number of hydrogen-bond acceptors (Lipinski definition) is 5. The van der Waals surface area contributed by atoms with Gasteiger partial charge in [0.2, 0.25) is 0 Å². The Bertz CT molecular complexity index is 1100. The number of anilines is 3. The van der Waals surface area contributed by atoms with Gasteiger partial charge in [0.25, 0.3) is 10.0 Å². The van der Waals surface area contributed by atoms with Crippen LogP contribution in [0.4, 0.5) is 17.1 Å². The SMILES string of the molecule is COc1ccc(S(=O)(=O)Nc2ccc(Cl)cc2N(C)c2ccccc2)cc1OC. The molecular weight excluding hydrogens is 412 g/mol. The first kappa shape index (κ1) is 20.8. The molecule has 0 radical (unpaired) electrons. The van der Waals surface area contributed by atoms with Crippen LogP contribution < -0.4 is 19.1 Å². The zero-order valence-corrected chi connectivity index (χ0v) is 17.8. The molecular formula is C21H21ClN2O4S. The van der Waals surface area contributed by atoms with Crippen molar-refractivity contribution < 1.29 is 17.9 Å². The van der Waals surface area contributed by atoms with Gasteiger partial charge >= 0.3 is 0 Å². The monoisotopic (exact) mass is 432 g/mol. The van der Waals surface area contributed by atoms with E-state index in [2.05, 4.69) is 4.72 Å². The fraction of sp³-hybridized carbons (Fsp3) is 0.143. The van der Waals surface area contributed by atoms with E-state index in [9.17, 15) is 8.42 Å². The minimum atomic E-state index is -3.88. The highest BCUT2D eigenvalue weighted by molar-refractivity contribution is 7.92. The van der Waals surface area contributed by atoms with Gasteiger partial charge < -0.3 is 14.4 Å². The first-order chi connectivity index (χ1) is 13.9. The number of sulfonamides is 1. The minimum absolute atomic E-state index is 0.0541. The number of nitrogens with zero attached hydrogens (tertiary/aromatic N) is 1. The maximum Gasteiger partial charge on any atom is 0.262 e. The van der Waals surface area contributed by atoms with Crippen LogP contribution in [0.2, 0.25) is 5.02 Å². The molecule has 152 valence electrons. The van der Waals surface area contributed by atoms with E-state index >= 15 is 0 Å². The molecule has 0 bridgehead atoms. The number of ether oxygens (including phenoxy) is 2. The summed E-state index contributed by atoms with van der Waals surface area (Å²) in [5, 5.41) is 0.497. The van der Waals surface area contributed by atoms with Gasteiger partial charge in [-0.2, -0.15) is 0 Å². The van der Waals surface area contributed by atoms with Crippen LogP contribution in [0.5, 0.6) is 11.5 Å². The third-order valence-corrected chi connectivity index (χ3v) is 5.97. The predicted octanol–water partition coefficient (Wildman–Crippen LogP) is 4.93. The van der Waals surface area contributed by atoms with Crippen LogP contribution in [0, 0.1) is 0 Å². The maximum absolute atomic E-state index is 13.0. The van der Waals surface area contributed by atoms with Crippen molar-refractivity contribution in [3.63, 3.8) is 0 Å². The highest BCUT2D eigenvalue weighted by Gasteiger charge is 2.20. The second-order valence-electron chi connectivity index (χ2n) is 6.18. The standard InChI is InChI=1S/C21H21ClN2O4S/c1-24(16-7-5-4-6-8-16)19-13-15(22)9-11-18(19)23-29(25,26)17-10-12-20(27-2)21(14-17)28-3/h4-14,23H,1-3H3. The molecule has 3 rings (SSSR count). The smallest absolute Gasteiger partial charge is 0.262 e. The summed E-state index contributed by atoms with van der Waals surface area (Å²) >= 11 is 6.18. The molecule has 0 aliphatic carbocycles. The van der Waals surface area contributed by atoms with Crippen LogP contribution in [-0.4, -0.2) is 29.7 Å². The lowest BCUT2D eigenvalue weighted by Crippen LogP contribution is -2.17. The number of nitrogens with one attached hydrogen (secondary N) is 1. The van der Waals surface area contributed by atoms with Crippen molar-refractivity contribution in [3.05, 3.63) is 71.8 Å². The molecule has 0 heterocycles. The number of para-hydroxylation sites is 1. The first-order valence-electron chi connectivity index (χ1n) is 8.69. The van der Waals surface area contributed by atoms with Crippen molar-refractivity contribution in [1.82, 2.24) is 0 Å². The van der Waals surface area contributed by atoms with Gasteiger partial charge in [-0.05, 0) is 42.5 Å². The summed E-state index contributed by atoms with van der Waals surface area (Å²) in [7, 11) is 0.907. The van der Waals surface area contributed by atoms with Crippen LogP contribution in [0.25, 0.3) is 0 Å². The summed E-state index contributed by atoms with van der Waals surface area (Å²) in [6.07, 6.45) is 0. The molecule has 3 aromatic carbocycles. The van der Waals surface area contributed by atoms with E-state index in [-0.39, 0.29) is 4.90 Å². The third kappa shape index (κ3) is 4.58. The van der Waals surface area contributed by atoms with Crippen LogP contribution in [0.1, 0.15) is 0 Å². The molecule has 0 aliphatic heterocycles. The zero-order valence-electron chi connectivity index (χ0n) is 16.2. The van der Waals surface area contributed by atoms with Gasteiger partial charge in [0, 0.05) is 23.8 Å². The summed E-state index contributed by atoms with van der Waals surface area (Å²) < 4.78 is 39.0. The van der Waals surface area contributed by atoms with Crippen LogP contribution in [-0.2, 0) is 10.0 Å². The van der Waals surface area contributed by atoms with E-state index in [0.29, 0.717) is 27.9 Å². The molecule has 0 spiro atoms. The quantitative estimate of drug-likeness (QED) is 0.573. The Kier molecular flexibility index (Phi) is 6.20. The molecule has 0 aliphatic rings. The number of rotatable bonds is 7. The molecule has 3 aromatic rings. The fourth-order valence-corrected chi connectivity index (χ4v) is 4.10. The molecule has 8 heteroatoms. The van der Waals surface area contributed by atoms with Crippen LogP contribution >= 0.6 is 11.6 Å². The average molecular weight is 433 g/mol. The second kappa shape index (κ2) is 8.63. The number of halogens is 1. The molecule has 0 fully saturated rings. The molecule has 1 N–H and O–H groups in total. The topological polar surface area (TPSA) is 67.9 Å². The molecule has 0 amide bonds. The van der Waals surface area contributed by atoms with Crippen LogP contribution in [0.3, 0.4) is 0 Å². The molecule has 0 atom stereocenters. The van der Waals surface area contributed by atoms with Crippen molar-refractivity contribution >= 4 is 38.7 Å². The van der Waals surface area contributed by atoms with E-state index in [1.807, 2.05) is 42.3 Å². The van der Waals surface area contributed by atoms with Crippen LogP contribution in [0.15, 0.2) is 71.6 Å². The van der Waals surface area contributed by atoms with Gasteiger partial charge in [-0.15, -0.1) is 0 Å². The summed E-state index contributed by atoms with van der Waals surface area (Å²) in [6, 6.07) is 19.0. The maximum atomic E-state index is 13.0. The molecule has 0 unspecified atom stereocenters. The summed E-state index contributed by atoms with van der Waals surface area (Å²) in [5.41, 5.74) is 1.91. The van der Waals surface area contributed by atoms with Crippen molar-refractivity contribution in [1.29, 1.82) is 0 Å². The highest BCUT2D eigenvalue weighted by atomic mass is 35.5. The van der Waals surface area contributed by atoms with Gasteiger partial charge in [-0.1, -0.05) is 29.8 Å². The Morgan fingerprint density at radius 3 is 2.24 bits per heavy atom. The van der Waals surface area contributed by atoms with E-state index in [1.54, 1.807) is 24.3 Å². The Balaban J connectivity index is 2.00. The lowest BCUT2D eigenvalue weighted by Gasteiger charge is -2.23. The summed E-state index contributed by atoms with van der Waals surface area (Å²) in [4.78, 5) is 1.91.